The molecule has 0 radical (unpaired) electrons. The highest BCUT2D eigenvalue weighted by Gasteiger charge is 2.32. The number of rotatable bonds is 11. The summed E-state index contributed by atoms with van der Waals surface area (Å²) >= 11 is 1.74. The monoisotopic (exact) mass is 430 g/mol. The third-order valence-corrected chi connectivity index (χ3v) is 7.00. The molecule has 30 heavy (non-hydrogen) atoms. The Bertz CT molecular complexity index is 779. The third kappa shape index (κ3) is 7.19. The Balaban J connectivity index is 2.29. The number of nitrogens with zero attached hydrogens (tertiary/aromatic N) is 1. The van der Waals surface area contributed by atoms with E-state index < -0.39 is 4.75 Å². The van der Waals surface area contributed by atoms with E-state index in [2.05, 4.69) is 19.2 Å². The number of aliphatic imine (C=N–C) groups is 1. The summed E-state index contributed by atoms with van der Waals surface area (Å²) in [6.07, 6.45) is 6.77. The van der Waals surface area contributed by atoms with Crippen molar-refractivity contribution < 1.29 is 9.53 Å². The van der Waals surface area contributed by atoms with Crippen molar-refractivity contribution in [1.82, 2.24) is 5.32 Å². The Labute approximate surface area is 187 Å². The van der Waals surface area contributed by atoms with Crippen molar-refractivity contribution in [1.29, 1.82) is 0 Å². The first-order chi connectivity index (χ1) is 14.3. The van der Waals surface area contributed by atoms with Crippen LogP contribution in [0.25, 0.3) is 5.70 Å². The summed E-state index contributed by atoms with van der Waals surface area (Å²) in [6.45, 7) is 10.2. The maximum absolute atomic E-state index is 12.9. The zero-order valence-corrected chi connectivity index (χ0v) is 20.3. The highest BCUT2D eigenvalue weighted by molar-refractivity contribution is 8.01. The molecule has 166 valence electrons. The number of nitrogens with one attached hydrogen (secondary N) is 1. The van der Waals surface area contributed by atoms with Crippen molar-refractivity contribution in [2.45, 2.75) is 77.9 Å². The Kier molecular flexibility index (Phi) is 9.47. The first-order valence-corrected chi connectivity index (χ1v) is 12.2. The normalized spacial score (nSPS) is 15.6. The van der Waals surface area contributed by atoms with E-state index in [-0.39, 0.29) is 5.91 Å². The van der Waals surface area contributed by atoms with Crippen LogP contribution < -0.4 is 10.1 Å². The number of para-hydroxylation sites is 1. The number of ether oxygens (including phenoxy) is 1. The van der Waals surface area contributed by atoms with E-state index in [1.165, 1.54) is 18.4 Å². The van der Waals surface area contributed by atoms with E-state index in [1.807, 2.05) is 45.0 Å². The Morgan fingerprint density at radius 3 is 2.57 bits per heavy atom. The van der Waals surface area contributed by atoms with Gasteiger partial charge in [0.05, 0.1) is 17.6 Å². The van der Waals surface area contributed by atoms with Gasteiger partial charge in [-0.1, -0.05) is 32.4 Å². The van der Waals surface area contributed by atoms with Gasteiger partial charge in [-0.15, -0.1) is 11.8 Å². The lowest BCUT2D eigenvalue weighted by molar-refractivity contribution is -0.121. The molecule has 1 amide bonds. The molecule has 5 heteroatoms. The summed E-state index contributed by atoms with van der Waals surface area (Å²) in [4.78, 5) is 17.8. The number of amidine groups is 1. The first-order valence-electron chi connectivity index (χ1n) is 11.2. The molecule has 0 aliphatic heterocycles. The summed E-state index contributed by atoms with van der Waals surface area (Å²) in [5, 5.41) is 3.05. The second kappa shape index (κ2) is 11.6. The van der Waals surface area contributed by atoms with Gasteiger partial charge in [-0.3, -0.25) is 4.79 Å². The number of hydrogen-bond donors (Lipinski definition) is 1. The predicted molar refractivity (Wildman–Crippen MR) is 130 cm³/mol. The maximum Gasteiger partial charge on any atom is 0.240 e. The van der Waals surface area contributed by atoms with E-state index in [0.29, 0.717) is 5.84 Å². The average molecular weight is 431 g/mol. The van der Waals surface area contributed by atoms with Crippen molar-refractivity contribution in [3.8, 4) is 5.75 Å². The summed E-state index contributed by atoms with van der Waals surface area (Å²) in [5.41, 5.74) is 3.19. The fraction of sp³-hybridized carbons (Fsp3) is 0.600. The molecule has 0 atom stereocenters. The summed E-state index contributed by atoms with van der Waals surface area (Å²) in [5.74, 6) is 3.30. The van der Waals surface area contributed by atoms with E-state index in [4.69, 9.17) is 9.73 Å². The summed E-state index contributed by atoms with van der Waals surface area (Å²) in [6, 6.07) is 7.98. The van der Waals surface area contributed by atoms with Gasteiger partial charge >= 0.3 is 0 Å². The molecule has 1 aliphatic carbocycles. The summed E-state index contributed by atoms with van der Waals surface area (Å²) < 4.78 is 5.14. The quantitative estimate of drug-likeness (QED) is 0.324. The second-order valence-electron chi connectivity index (χ2n) is 8.53. The lowest BCUT2D eigenvalue weighted by atomic mass is 9.99. The van der Waals surface area contributed by atoms with Crippen LogP contribution >= 0.6 is 11.8 Å². The second-order valence-corrected chi connectivity index (χ2v) is 10.2. The number of allylic oxidation sites excluding steroid dienone is 1. The van der Waals surface area contributed by atoms with Crippen molar-refractivity contribution in [2.24, 2.45) is 10.9 Å². The minimum Gasteiger partial charge on any atom is -0.496 e. The molecule has 0 aromatic heterocycles. The van der Waals surface area contributed by atoms with E-state index in [9.17, 15) is 4.79 Å². The highest BCUT2D eigenvalue weighted by atomic mass is 32.2. The molecule has 0 saturated heterocycles. The van der Waals surface area contributed by atoms with Gasteiger partial charge in [-0.25, -0.2) is 4.99 Å². The number of carbonyl (C=O) groups is 1. The van der Waals surface area contributed by atoms with Crippen molar-refractivity contribution in [3.05, 3.63) is 35.4 Å². The molecule has 1 aliphatic rings. The van der Waals surface area contributed by atoms with Crippen molar-refractivity contribution in [2.75, 3.05) is 12.9 Å². The number of methoxy groups -OCH3 is 1. The molecular weight excluding hydrogens is 392 g/mol. The Morgan fingerprint density at radius 1 is 1.27 bits per heavy atom. The number of thioether (sulfide) groups is 1. The van der Waals surface area contributed by atoms with Crippen LogP contribution in [-0.4, -0.2) is 29.4 Å². The minimum atomic E-state index is -0.469. The van der Waals surface area contributed by atoms with Gasteiger partial charge in [0, 0.05) is 5.56 Å². The van der Waals surface area contributed by atoms with E-state index >= 15 is 0 Å². The molecule has 1 aromatic rings. The molecule has 1 aromatic carbocycles. The van der Waals surface area contributed by atoms with Gasteiger partial charge in [-0.05, 0) is 82.3 Å². The zero-order chi connectivity index (χ0) is 22.1. The summed E-state index contributed by atoms with van der Waals surface area (Å²) in [7, 11) is 1.69. The van der Waals surface area contributed by atoms with Gasteiger partial charge in [0.1, 0.15) is 11.6 Å². The van der Waals surface area contributed by atoms with Gasteiger partial charge in [0.2, 0.25) is 5.91 Å². The SMILES string of the molecule is CCCCC(CC)=C(N=C(C)NC(=O)C(C)(C)SCC1CC1)c1ccccc1OC. The lowest BCUT2D eigenvalue weighted by Gasteiger charge is -2.23. The average Bonchev–Trinajstić information content (AvgIpc) is 3.56. The number of carbonyl (C=O) groups excluding carboxylic acids is 1. The number of benzene rings is 1. The largest absolute Gasteiger partial charge is 0.496 e. The Hall–Kier alpha value is -1.75. The smallest absolute Gasteiger partial charge is 0.240 e. The van der Waals surface area contributed by atoms with Crippen LogP contribution in [0.3, 0.4) is 0 Å². The standard InChI is InChI=1S/C25H38N2O2S/c1-7-9-12-20(8-2)23(21-13-10-11-14-22(21)29-6)26-18(3)27-24(28)25(4,5)30-17-19-15-16-19/h10-11,13-14,19H,7-9,12,15-17H2,1-6H3,(H,26,27,28). The van der Waals surface area contributed by atoms with Crippen LogP contribution in [0.4, 0.5) is 0 Å². The van der Waals surface area contributed by atoms with Gasteiger partial charge in [-0.2, -0.15) is 0 Å². The molecule has 0 bridgehead atoms. The van der Waals surface area contributed by atoms with Crippen molar-refractivity contribution in [3.63, 3.8) is 0 Å². The minimum absolute atomic E-state index is 0.0142. The van der Waals surface area contributed by atoms with Crippen LogP contribution in [0.2, 0.25) is 0 Å². The highest BCUT2D eigenvalue weighted by Crippen LogP contribution is 2.37. The molecule has 0 spiro atoms. The first kappa shape index (κ1) is 24.5. The zero-order valence-electron chi connectivity index (χ0n) is 19.5. The van der Waals surface area contributed by atoms with E-state index in [0.717, 1.165) is 54.4 Å². The maximum atomic E-state index is 12.9. The molecule has 2 rings (SSSR count). The number of unbranched alkanes of at least 4 members (excludes halogenated alkanes) is 1. The molecule has 1 N–H and O–H groups in total. The predicted octanol–water partition coefficient (Wildman–Crippen LogP) is 6.46. The van der Waals surface area contributed by atoms with Gasteiger partial charge in [0.15, 0.2) is 0 Å². The molecule has 1 fully saturated rings. The van der Waals surface area contributed by atoms with Gasteiger partial charge in [0.25, 0.3) is 0 Å². The van der Waals surface area contributed by atoms with Gasteiger partial charge < -0.3 is 10.1 Å². The Morgan fingerprint density at radius 2 is 1.97 bits per heavy atom. The van der Waals surface area contributed by atoms with E-state index in [1.54, 1.807) is 18.9 Å². The molecule has 4 nitrogen and oxygen atoms in total. The van der Waals surface area contributed by atoms with Crippen LogP contribution in [0, 0.1) is 5.92 Å². The number of amides is 1. The third-order valence-electron chi connectivity index (χ3n) is 5.45. The molecular formula is C25H38N2O2S. The van der Waals surface area contributed by atoms with Crippen LogP contribution in [0.1, 0.15) is 78.7 Å². The molecule has 0 unspecified atom stereocenters. The lowest BCUT2D eigenvalue weighted by Crippen LogP contribution is -2.42. The van der Waals surface area contributed by atoms with Crippen LogP contribution in [0.15, 0.2) is 34.8 Å². The molecule has 0 heterocycles. The molecule has 1 saturated carbocycles. The number of hydrogen-bond acceptors (Lipinski definition) is 4. The fourth-order valence-electron chi connectivity index (χ4n) is 3.21. The van der Waals surface area contributed by atoms with Crippen LogP contribution in [0.5, 0.6) is 5.75 Å². The topological polar surface area (TPSA) is 50.7 Å². The van der Waals surface area contributed by atoms with Crippen molar-refractivity contribution >= 4 is 29.2 Å². The fourth-order valence-corrected chi connectivity index (χ4v) is 4.38. The van der Waals surface area contributed by atoms with Crippen LogP contribution in [-0.2, 0) is 4.79 Å².